The third-order valence-electron chi connectivity index (χ3n) is 7.05. The van der Waals surface area contributed by atoms with Crippen molar-refractivity contribution in [2.45, 2.75) is 70.5 Å². The Balaban J connectivity index is 1.69. The fourth-order valence-corrected chi connectivity index (χ4v) is 5.57. The summed E-state index contributed by atoms with van der Waals surface area (Å²) in [6.07, 6.45) is 5.95. The highest BCUT2D eigenvalue weighted by Crippen LogP contribution is 2.28. The van der Waals surface area contributed by atoms with Crippen molar-refractivity contribution in [3.05, 3.63) is 105 Å². The summed E-state index contributed by atoms with van der Waals surface area (Å²) in [4.78, 5) is 29.5. The van der Waals surface area contributed by atoms with Gasteiger partial charge in [-0.2, -0.15) is 0 Å². The van der Waals surface area contributed by atoms with Gasteiger partial charge in [-0.15, -0.1) is 0 Å². The number of hydrogen-bond donors (Lipinski definition) is 1. The maximum Gasteiger partial charge on any atom is 0.243 e. The largest absolute Gasteiger partial charge is 0.352 e. The number of nitrogens with zero attached hydrogens (tertiary/aromatic N) is 1. The molecule has 3 aromatic rings. The molecule has 0 radical (unpaired) electrons. The van der Waals surface area contributed by atoms with Crippen LogP contribution in [0.4, 0.5) is 0 Å². The van der Waals surface area contributed by atoms with Gasteiger partial charge in [0.2, 0.25) is 11.8 Å². The summed E-state index contributed by atoms with van der Waals surface area (Å²) in [5.41, 5.74) is 3.63. The van der Waals surface area contributed by atoms with Crippen LogP contribution in [-0.4, -0.2) is 28.8 Å². The van der Waals surface area contributed by atoms with E-state index in [1.807, 2.05) is 61.5 Å². The maximum absolute atomic E-state index is 13.9. The summed E-state index contributed by atoms with van der Waals surface area (Å²) in [7, 11) is 0. The van der Waals surface area contributed by atoms with Gasteiger partial charge >= 0.3 is 0 Å². The zero-order valence-corrected chi connectivity index (χ0v) is 22.8. The Kier molecular flexibility index (Phi) is 9.65. The molecule has 2 amide bonds. The number of aryl methyl sites for hydroxylation is 1. The van der Waals surface area contributed by atoms with Gasteiger partial charge in [0.05, 0.1) is 6.42 Å². The molecule has 4 nitrogen and oxygen atoms in total. The van der Waals surface area contributed by atoms with Crippen molar-refractivity contribution in [2.75, 3.05) is 0 Å². The van der Waals surface area contributed by atoms with E-state index in [1.165, 1.54) is 6.42 Å². The van der Waals surface area contributed by atoms with Gasteiger partial charge in [-0.05, 0) is 43.0 Å². The lowest BCUT2D eigenvalue weighted by Crippen LogP contribution is -2.53. The summed E-state index contributed by atoms with van der Waals surface area (Å²) >= 11 is 13.1. The first-order valence-corrected chi connectivity index (χ1v) is 13.8. The molecule has 4 rings (SSSR count). The molecule has 0 heterocycles. The van der Waals surface area contributed by atoms with Gasteiger partial charge < -0.3 is 10.2 Å². The van der Waals surface area contributed by atoms with Gasteiger partial charge in [-0.25, -0.2) is 0 Å². The third kappa shape index (κ3) is 7.59. The van der Waals surface area contributed by atoms with E-state index >= 15 is 0 Å². The third-order valence-corrected chi connectivity index (χ3v) is 7.76. The second-order valence-electron chi connectivity index (χ2n) is 9.94. The standard InChI is InChI=1S/C31H34Cl2N2O2/c1-22-10-8-13-24(18-22)20-30(36)35(21-26-27(32)16-9-17-28(26)33)29(19-23-11-4-2-5-12-23)31(37)34-25-14-6-3-7-15-25/h2,4-5,8-13,16-18,25,29H,3,6-7,14-15,19-21H2,1H3,(H,34,37)/t29-/m1/s1. The topological polar surface area (TPSA) is 49.4 Å². The van der Waals surface area contributed by atoms with Crippen molar-refractivity contribution < 1.29 is 9.59 Å². The lowest BCUT2D eigenvalue weighted by molar-refractivity contribution is -0.141. The number of hydrogen-bond acceptors (Lipinski definition) is 2. The number of carbonyl (C=O) groups is 2. The van der Waals surface area contributed by atoms with Crippen LogP contribution < -0.4 is 5.32 Å². The Labute approximate surface area is 230 Å². The smallest absolute Gasteiger partial charge is 0.243 e. The second-order valence-corrected chi connectivity index (χ2v) is 10.8. The van der Waals surface area contributed by atoms with E-state index in [0.29, 0.717) is 22.0 Å². The number of halogens is 2. The quantitative estimate of drug-likeness (QED) is 0.322. The van der Waals surface area contributed by atoms with Crippen LogP contribution in [0.3, 0.4) is 0 Å². The Morgan fingerprint density at radius 1 is 0.892 bits per heavy atom. The van der Waals surface area contributed by atoms with Crippen LogP contribution in [0.25, 0.3) is 0 Å². The summed E-state index contributed by atoms with van der Waals surface area (Å²) in [5.74, 6) is -0.266. The number of nitrogens with one attached hydrogen (secondary N) is 1. The predicted molar refractivity (Wildman–Crippen MR) is 151 cm³/mol. The van der Waals surface area contributed by atoms with E-state index in [1.54, 1.807) is 23.1 Å². The molecule has 194 valence electrons. The van der Waals surface area contributed by atoms with Crippen molar-refractivity contribution in [2.24, 2.45) is 0 Å². The first-order valence-electron chi connectivity index (χ1n) is 13.0. The van der Waals surface area contributed by atoms with Crippen LogP contribution in [0.2, 0.25) is 10.0 Å². The highest BCUT2D eigenvalue weighted by Gasteiger charge is 2.32. The summed E-state index contributed by atoms with van der Waals surface area (Å²) < 4.78 is 0. The minimum atomic E-state index is -0.700. The van der Waals surface area contributed by atoms with E-state index in [4.69, 9.17) is 23.2 Å². The lowest BCUT2D eigenvalue weighted by Gasteiger charge is -2.34. The van der Waals surface area contributed by atoms with Gasteiger partial charge in [0.1, 0.15) is 6.04 Å². The van der Waals surface area contributed by atoms with Gasteiger partial charge in [-0.3, -0.25) is 9.59 Å². The fourth-order valence-electron chi connectivity index (χ4n) is 5.05. The number of benzene rings is 3. The molecule has 6 heteroatoms. The van der Waals surface area contributed by atoms with E-state index < -0.39 is 6.04 Å². The SMILES string of the molecule is Cc1cccc(CC(=O)N(Cc2c(Cl)cccc2Cl)[C@H](Cc2ccccc2)C(=O)NC2CCCCC2)c1. The molecule has 3 aromatic carbocycles. The molecular weight excluding hydrogens is 503 g/mol. The monoisotopic (exact) mass is 536 g/mol. The van der Waals surface area contributed by atoms with E-state index in [9.17, 15) is 9.59 Å². The molecule has 1 atom stereocenters. The molecule has 1 aliphatic carbocycles. The van der Waals surface area contributed by atoms with Crippen LogP contribution in [0.5, 0.6) is 0 Å². The van der Waals surface area contributed by atoms with E-state index in [0.717, 1.165) is 42.4 Å². The van der Waals surface area contributed by atoms with Crippen LogP contribution in [0.1, 0.15) is 54.4 Å². The number of amides is 2. The molecule has 0 aliphatic heterocycles. The van der Waals surface area contributed by atoms with Gasteiger partial charge in [0.25, 0.3) is 0 Å². The number of carbonyl (C=O) groups excluding carboxylic acids is 2. The summed E-state index contributed by atoms with van der Waals surface area (Å²) in [6, 6.07) is 22.5. The molecule has 1 saturated carbocycles. The van der Waals surface area contributed by atoms with Gasteiger partial charge in [0.15, 0.2) is 0 Å². The highest BCUT2D eigenvalue weighted by molar-refractivity contribution is 6.36. The first-order chi connectivity index (χ1) is 17.9. The molecule has 1 aliphatic rings. The van der Waals surface area contributed by atoms with E-state index in [2.05, 4.69) is 5.32 Å². The highest BCUT2D eigenvalue weighted by atomic mass is 35.5. The zero-order chi connectivity index (χ0) is 26.2. The van der Waals surface area contributed by atoms with Crippen molar-refractivity contribution in [3.63, 3.8) is 0 Å². The van der Waals surface area contributed by atoms with Crippen molar-refractivity contribution in [1.82, 2.24) is 10.2 Å². The van der Waals surface area contributed by atoms with E-state index in [-0.39, 0.29) is 30.8 Å². The van der Waals surface area contributed by atoms with Crippen molar-refractivity contribution in [1.29, 1.82) is 0 Å². The van der Waals surface area contributed by atoms with Crippen molar-refractivity contribution >= 4 is 35.0 Å². The Morgan fingerprint density at radius 3 is 2.22 bits per heavy atom. The first kappa shape index (κ1) is 27.2. The molecular formula is C31H34Cl2N2O2. The average molecular weight is 538 g/mol. The zero-order valence-electron chi connectivity index (χ0n) is 21.3. The Bertz CT molecular complexity index is 1190. The second kappa shape index (κ2) is 13.1. The predicted octanol–water partition coefficient (Wildman–Crippen LogP) is 6.93. The molecule has 0 unspecified atom stereocenters. The molecule has 0 saturated heterocycles. The minimum absolute atomic E-state index is 0.128. The lowest BCUT2D eigenvalue weighted by atomic mass is 9.94. The molecule has 1 fully saturated rings. The van der Waals surface area contributed by atoms with Crippen LogP contribution in [-0.2, 0) is 29.0 Å². The summed E-state index contributed by atoms with van der Waals surface area (Å²) in [6.45, 7) is 2.16. The summed E-state index contributed by atoms with van der Waals surface area (Å²) in [5, 5.41) is 4.22. The molecule has 1 N–H and O–H groups in total. The fraction of sp³-hybridized carbons (Fsp3) is 0.355. The molecule has 0 spiro atoms. The normalized spacial score (nSPS) is 14.7. The average Bonchev–Trinajstić information content (AvgIpc) is 2.88. The minimum Gasteiger partial charge on any atom is -0.352 e. The van der Waals surface area contributed by atoms with Crippen molar-refractivity contribution in [3.8, 4) is 0 Å². The Hall–Kier alpha value is -2.82. The molecule has 37 heavy (non-hydrogen) atoms. The molecule has 0 bridgehead atoms. The van der Waals surface area contributed by atoms with Gasteiger partial charge in [-0.1, -0.05) is 109 Å². The Morgan fingerprint density at radius 2 is 1.54 bits per heavy atom. The molecule has 0 aromatic heterocycles. The number of rotatable bonds is 9. The maximum atomic E-state index is 13.9. The van der Waals surface area contributed by atoms with Crippen LogP contribution >= 0.6 is 23.2 Å². The van der Waals surface area contributed by atoms with Crippen LogP contribution in [0.15, 0.2) is 72.8 Å². The van der Waals surface area contributed by atoms with Gasteiger partial charge in [0, 0.05) is 34.6 Å². The van der Waals surface area contributed by atoms with Crippen LogP contribution in [0, 0.1) is 6.92 Å².